The normalized spacial score (nSPS) is 10.1. The lowest BCUT2D eigenvalue weighted by Crippen LogP contribution is -2.28. The molecule has 1 heterocycles. The lowest BCUT2D eigenvalue weighted by molar-refractivity contribution is 0.0528. The Hall–Kier alpha value is -1.92. The van der Waals surface area contributed by atoms with Crippen LogP contribution in [0.5, 0.6) is 0 Å². The molecule has 0 radical (unpaired) electrons. The van der Waals surface area contributed by atoms with Crippen LogP contribution in [-0.2, 0) is 11.3 Å². The largest absolute Gasteiger partial charge is 0.462 e. The van der Waals surface area contributed by atoms with Crippen molar-refractivity contribution in [3.8, 4) is 0 Å². The second-order valence-electron chi connectivity index (χ2n) is 4.61. The topological polar surface area (TPSA) is 50.4 Å². The fourth-order valence-electron chi connectivity index (χ4n) is 1.89. The molecule has 0 unspecified atom stereocenters. The van der Waals surface area contributed by atoms with Crippen LogP contribution in [0.15, 0.2) is 36.4 Å². The predicted molar refractivity (Wildman–Crippen MR) is 94.5 cm³/mol. The fraction of sp³-hybridized carbons (Fsp3) is 0.250. The Bertz CT molecular complexity index is 653. The Morgan fingerprint density at radius 1 is 1.32 bits per heavy atom. The molecule has 6 heteroatoms. The number of hydrogen-bond acceptors (Lipinski definition) is 4. The van der Waals surface area contributed by atoms with E-state index < -0.39 is 0 Å². The van der Waals surface area contributed by atoms with E-state index in [9.17, 15) is 4.79 Å². The van der Waals surface area contributed by atoms with Crippen LogP contribution in [-0.4, -0.2) is 17.7 Å². The molecule has 0 atom stereocenters. The van der Waals surface area contributed by atoms with E-state index in [2.05, 4.69) is 10.6 Å². The molecule has 0 aliphatic heterocycles. The number of thiophene rings is 1. The maximum Gasteiger partial charge on any atom is 0.341 e. The Morgan fingerprint density at radius 2 is 2.05 bits per heavy atom. The molecule has 0 fully saturated rings. The van der Waals surface area contributed by atoms with Gasteiger partial charge >= 0.3 is 5.97 Å². The van der Waals surface area contributed by atoms with Gasteiger partial charge in [-0.15, -0.1) is 11.3 Å². The van der Waals surface area contributed by atoms with Crippen LogP contribution in [0.1, 0.15) is 27.7 Å². The van der Waals surface area contributed by atoms with Crippen LogP contribution in [0.3, 0.4) is 0 Å². The van der Waals surface area contributed by atoms with Gasteiger partial charge in [0.15, 0.2) is 5.11 Å². The molecule has 0 saturated carbocycles. The van der Waals surface area contributed by atoms with Crippen LogP contribution < -0.4 is 10.6 Å². The summed E-state index contributed by atoms with van der Waals surface area (Å²) in [6.45, 7) is 4.71. The Kier molecular flexibility index (Phi) is 5.91. The summed E-state index contributed by atoms with van der Waals surface area (Å²) in [5.41, 5.74) is 1.66. The molecule has 4 nitrogen and oxygen atoms in total. The van der Waals surface area contributed by atoms with Crippen molar-refractivity contribution < 1.29 is 9.53 Å². The van der Waals surface area contributed by atoms with E-state index in [1.54, 1.807) is 6.92 Å². The summed E-state index contributed by atoms with van der Waals surface area (Å²) in [5.74, 6) is -0.333. The van der Waals surface area contributed by atoms with E-state index in [4.69, 9.17) is 17.0 Å². The summed E-state index contributed by atoms with van der Waals surface area (Å²) in [4.78, 5) is 12.9. The molecule has 2 N–H and O–H groups in total. The molecule has 0 bridgehead atoms. The second-order valence-corrected chi connectivity index (χ2v) is 6.28. The number of nitrogens with one attached hydrogen (secondary N) is 2. The zero-order valence-corrected chi connectivity index (χ0v) is 14.1. The Morgan fingerprint density at radius 3 is 2.73 bits per heavy atom. The lowest BCUT2D eigenvalue weighted by Gasteiger charge is -2.10. The number of thiocarbonyl (C=S) groups is 1. The number of rotatable bonds is 5. The van der Waals surface area contributed by atoms with Crippen molar-refractivity contribution in [2.45, 2.75) is 20.4 Å². The number of benzene rings is 1. The smallest absolute Gasteiger partial charge is 0.341 e. The maximum atomic E-state index is 11.9. The molecule has 1 aromatic heterocycles. The highest BCUT2D eigenvalue weighted by Crippen LogP contribution is 2.28. The number of hydrogen-bond donors (Lipinski definition) is 2. The molecular formula is C16H18N2O2S2. The number of esters is 1. The molecule has 0 saturated heterocycles. The minimum Gasteiger partial charge on any atom is -0.462 e. The number of carbonyl (C=O) groups excluding carboxylic acids is 1. The van der Waals surface area contributed by atoms with E-state index in [0.29, 0.717) is 28.8 Å². The first-order valence-corrected chi connectivity index (χ1v) is 8.19. The first-order chi connectivity index (χ1) is 10.6. The van der Waals surface area contributed by atoms with Crippen LogP contribution in [0, 0.1) is 6.92 Å². The molecular weight excluding hydrogens is 316 g/mol. The van der Waals surface area contributed by atoms with Gasteiger partial charge in [0, 0.05) is 11.4 Å². The van der Waals surface area contributed by atoms with Gasteiger partial charge in [-0.05, 0) is 37.7 Å². The maximum absolute atomic E-state index is 11.9. The Balaban J connectivity index is 1.98. The zero-order valence-electron chi connectivity index (χ0n) is 12.5. The van der Waals surface area contributed by atoms with Gasteiger partial charge in [0.1, 0.15) is 5.00 Å². The van der Waals surface area contributed by atoms with Gasteiger partial charge in [-0.2, -0.15) is 0 Å². The van der Waals surface area contributed by atoms with Crippen molar-refractivity contribution >= 4 is 39.6 Å². The highest BCUT2D eigenvalue weighted by Gasteiger charge is 2.16. The van der Waals surface area contributed by atoms with E-state index in [0.717, 1.165) is 10.4 Å². The first-order valence-electron chi connectivity index (χ1n) is 6.96. The van der Waals surface area contributed by atoms with Gasteiger partial charge in [0.25, 0.3) is 0 Å². The van der Waals surface area contributed by atoms with Gasteiger partial charge in [-0.25, -0.2) is 4.79 Å². The minimum absolute atomic E-state index is 0.333. The van der Waals surface area contributed by atoms with Gasteiger partial charge in [-0.1, -0.05) is 30.3 Å². The van der Waals surface area contributed by atoms with Crippen molar-refractivity contribution in [1.82, 2.24) is 5.32 Å². The summed E-state index contributed by atoms with van der Waals surface area (Å²) in [5, 5.41) is 7.40. The molecule has 2 rings (SSSR count). The van der Waals surface area contributed by atoms with Crippen molar-refractivity contribution in [2.75, 3.05) is 11.9 Å². The molecule has 0 aliphatic rings. The third kappa shape index (κ3) is 4.54. The highest BCUT2D eigenvalue weighted by atomic mass is 32.1. The number of carbonyl (C=O) groups is 1. The summed E-state index contributed by atoms with van der Waals surface area (Å²) in [6, 6.07) is 11.8. The minimum atomic E-state index is -0.333. The number of anilines is 1. The van der Waals surface area contributed by atoms with Crippen molar-refractivity contribution in [2.24, 2.45) is 0 Å². The number of aryl methyl sites for hydroxylation is 1. The predicted octanol–water partition coefficient (Wildman–Crippen LogP) is 3.72. The molecule has 1 aromatic carbocycles. The monoisotopic (exact) mass is 334 g/mol. The van der Waals surface area contributed by atoms with Gasteiger partial charge in [0.05, 0.1) is 12.2 Å². The van der Waals surface area contributed by atoms with Crippen LogP contribution in [0.2, 0.25) is 0 Å². The Labute approximate surface area is 139 Å². The summed E-state index contributed by atoms with van der Waals surface area (Å²) < 4.78 is 5.06. The lowest BCUT2D eigenvalue weighted by atomic mass is 10.2. The van der Waals surface area contributed by atoms with Crippen LogP contribution in [0.25, 0.3) is 0 Å². The quantitative estimate of drug-likeness (QED) is 0.645. The van der Waals surface area contributed by atoms with Crippen molar-refractivity contribution in [3.63, 3.8) is 0 Å². The average Bonchev–Trinajstić information content (AvgIpc) is 2.87. The van der Waals surface area contributed by atoms with E-state index in [-0.39, 0.29) is 5.97 Å². The molecule has 0 amide bonds. The zero-order chi connectivity index (χ0) is 15.9. The first kappa shape index (κ1) is 16.5. The molecule has 0 spiro atoms. The van der Waals surface area contributed by atoms with Crippen LogP contribution >= 0.6 is 23.6 Å². The standard InChI is InChI=1S/C16H18N2O2S2/c1-3-20-15(19)13-9-11(2)22-14(13)18-16(21)17-10-12-7-5-4-6-8-12/h4-9H,3,10H2,1-2H3,(H2,17,18,21). The van der Waals surface area contributed by atoms with Crippen molar-refractivity contribution in [3.05, 3.63) is 52.4 Å². The van der Waals surface area contributed by atoms with E-state index in [1.807, 2.05) is 43.3 Å². The molecule has 0 aliphatic carbocycles. The van der Waals surface area contributed by atoms with E-state index >= 15 is 0 Å². The van der Waals surface area contributed by atoms with Gasteiger partial charge in [0.2, 0.25) is 0 Å². The highest BCUT2D eigenvalue weighted by molar-refractivity contribution is 7.80. The third-order valence-electron chi connectivity index (χ3n) is 2.87. The SMILES string of the molecule is CCOC(=O)c1cc(C)sc1NC(=S)NCc1ccccc1. The molecule has 22 heavy (non-hydrogen) atoms. The van der Waals surface area contributed by atoms with Gasteiger partial charge < -0.3 is 15.4 Å². The summed E-state index contributed by atoms with van der Waals surface area (Å²) >= 11 is 6.77. The molecule has 116 valence electrons. The fourth-order valence-corrected chi connectivity index (χ4v) is 3.04. The second kappa shape index (κ2) is 7.91. The summed E-state index contributed by atoms with van der Waals surface area (Å²) in [6.07, 6.45) is 0. The van der Waals surface area contributed by atoms with Gasteiger partial charge in [-0.3, -0.25) is 0 Å². The van der Waals surface area contributed by atoms with Crippen molar-refractivity contribution in [1.29, 1.82) is 0 Å². The molecule has 2 aromatic rings. The van der Waals surface area contributed by atoms with Crippen LogP contribution in [0.4, 0.5) is 5.00 Å². The van der Waals surface area contributed by atoms with E-state index in [1.165, 1.54) is 11.3 Å². The number of ether oxygens (including phenoxy) is 1. The third-order valence-corrected chi connectivity index (χ3v) is 4.09. The summed E-state index contributed by atoms with van der Waals surface area (Å²) in [7, 11) is 0. The average molecular weight is 334 g/mol.